The molecule has 0 saturated carbocycles. The predicted molar refractivity (Wildman–Crippen MR) is 107 cm³/mol. The number of thiophene rings is 1. The van der Waals surface area contributed by atoms with Gasteiger partial charge in [0.25, 0.3) is 0 Å². The van der Waals surface area contributed by atoms with Crippen molar-refractivity contribution in [2.24, 2.45) is 0 Å². The van der Waals surface area contributed by atoms with Crippen LogP contribution >= 0.6 is 11.3 Å². The molecule has 144 valence electrons. The van der Waals surface area contributed by atoms with Gasteiger partial charge >= 0.3 is 0 Å². The fraction of sp³-hybridized carbons (Fsp3) is 0.556. The third kappa shape index (κ3) is 4.04. The Kier molecular flexibility index (Phi) is 6.19. The van der Waals surface area contributed by atoms with Crippen LogP contribution in [0.25, 0.3) is 10.1 Å². The third-order valence-corrected chi connectivity index (χ3v) is 7.77. The Hall–Kier alpha value is -1.19. The quantitative estimate of drug-likeness (QED) is 0.776. The summed E-state index contributed by atoms with van der Waals surface area (Å²) in [5.74, 6) is 0.0314. The summed E-state index contributed by atoms with van der Waals surface area (Å²) in [5, 5.41) is 11.9. The highest BCUT2D eigenvalue weighted by atomic mass is 32.2. The van der Waals surface area contributed by atoms with E-state index in [1.807, 2.05) is 24.3 Å². The summed E-state index contributed by atoms with van der Waals surface area (Å²) in [6.07, 6.45) is -0.737. The van der Waals surface area contributed by atoms with Gasteiger partial charge in [-0.3, -0.25) is 9.21 Å². The maximum atomic E-state index is 12.8. The minimum Gasteiger partial charge on any atom is -0.389 e. The molecule has 1 N–H and O–H groups in total. The van der Waals surface area contributed by atoms with Gasteiger partial charge in [0.2, 0.25) is 10.0 Å². The largest absolute Gasteiger partial charge is 0.389 e. The first-order valence-corrected chi connectivity index (χ1v) is 11.4. The molecular formula is C18H26N2O4S2. The Morgan fingerprint density at radius 2 is 2.00 bits per heavy atom. The number of sulfonamides is 1. The van der Waals surface area contributed by atoms with Crippen LogP contribution < -0.4 is 4.31 Å². The summed E-state index contributed by atoms with van der Waals surface area (Å²) in [6, 6.07) is 7.75. The number of hydrogen-bond acceptors (Lipinski definition) is 6. The molecular weight excluding hydrogens is 372 g/mol. The summed E-state index contributed by atoms with van der Waals surface area (Å²) < 4.78 is 33.5. The number of aliphatic hydroxyl groups is 1. The summed E-state index contributed by atoms with van der Waals surface area (Å²) in [6.45, 7) is 7.37. The molecule has 0 amide bonds. The number of nitrogens with zero attached hydrogens (tertiary/aromatic N) is 2. The first-order valence-electron chi connectivity index (χ1n) is 8.94. The van der Waals surface area contributed by atoms with Crippen LogP contribution in [0.15, 0.2) is 24.3 Å². The second kappa shape index (κ2) is 8.22. The lowest BCUT2D eigenvalue weighted by molar-refractivity contribution is 0.0395. The van der Waals surface area contributed by atoms with Gasteiger partial charge in [0.1, 0.15) is 5.00 Å². The average Bonchev–Trinajstić information content (AvgIpc) is 3.01. The molecule has 1 aliphatic heterocycles. The molecule has 26 heavy (non-hydrogen) atoms. The van der Waals surface area contributed by atoms with Crippen LogP contribution in [-0.4, -0.2) is 63.6 Å². The predicted octanol–water partition coefficient (Wildman–Crippen LogP) is 2.44. The minimum absolute atomic E-state index is 0.0314. The molecule has 1 unspecified atom stereocenters. The number of fused-ring (bicyclic) bond motifs is 1. The smallest absolute Gasteiger partial charge is 0.235 e. The Labute approximate surface area is 159 Å². The second-order valence-corrected chi connectivity index (χ2v) is 9.63. The van der Waals surface area contributed by atoms with Gasteiger partial charge in [-0.1, -0.05) is 18.2 Å². The van der Waals surface area contributed by atoms with E-state index in [-0.39, 0.29) is 5.75 Å². The Morgan fingerprint density at radius 3 is 2.65 bits per heavy atom. The SMILES string of the molecule is CCS(=O)(=O)N(CCN1CCOCC1)c1sc2ccccc2c1C(C)O. The van der Waals surface area contributed by atoms with E-state index in [1.165, 1.54) is 15.6 Å². The van der Waals surface area contributed by atoms with Crippen LogP contribution in [-0.2, 0) is 14.8 Å². The van der Waals surface area contributed by atoms with Gasteiger partial charge in [0, 0.05) is 41.8 Å². The third-order valence-electron chi connectivity index (χ3n) is 4.68. The van der Waals surface area contributed by atoms with Gasteiger partial charge in [0.05, 0.1) is 25.1 Å². The summed E-state index contributed by atoms with van der Waals surface area (Å²) in [7, 11) is -3.44. The standard InChI is InChI=1S/C18H26N2O4S2/c1-3-26(22,23)20(9-8-19-10-12-24-13-11-19)18-17(14(2)21)15-6-4-5-7-16(15)25-18/h4-7,14,21H,3,8-13H2,1-2H3. The fourth-order valence-corrected chi connectivity index (χ4v) is 5.92. The van der Waals surface area contributed by atoms with Crippen LogP contribution in [0, 0.1) is 0 Å². The van der Waals surface area contributed by atoms with E-state index in [2.05, 4.69) is 4.90 Å². The molecule has 0 radical (unpaired) electrons. The number of benzene rings is 1. The zero-order chi connectivity index (χ0) is 18.7. The van der Waals surface area contributed by atoms with Crippen molar-refractivity contribution in [1.82, 2.24) is 4.90 Å². The topological polar surface area (TPSA) is 70.1 Å². The first-order chi connectivity index (χ1) is 12.4. The molecule has 3 rings (SSSR count). The molecule has 8 heteroatoms. The van der Waals surface area contributed by atoms with E-state index in [0.29, 0.717) is 36.9 Å². The van der Waals surface area contributed by atoms with E-state index in [0.717, 1.165) is 23.2 Å². The Morgan fingerprint density at radius 1 is 1.31 bits per heavy atom. The Balaban J connectivity index is 1.98. The zero-order valence-electron chi connectivity index (χ0n) is 15.2. The van der Waals surface area contributed by atoms with Crippen LogP contribution in [0.1, 0.15) is 25.5 Å². The average molecular weight is 399 g/mol. The van der Waals surface area contributed by atoms with Crippen molar-refractivity contribution in [3.63, 3.8) is 0 Å². The molecule has 2 aromatic rings. The lowest BCUT2D eigenvalue weighted by Crippen LogP contribution is -2.43. The molecule has 1 aromatic carbocycles. The highest BCUT2D eigenvalue weighted by Gasteiger charge is 2.28. The van der Waals surface area contributed by atoms with Crippen molar-refractivity contribution in [1.29, 1.82) is 0 Å². The van der Waals surface area contributed by atoms with E-state index in [9.17, 15) is 13.5 Å². The van der Waals surface area contributed by atoms with Gasteiger partial charge in [-0.25, -0.2) is 8.42 Å². The molecule has 1 aliphatic rings. The van der Waals surface area contributed by atoms with Gasteiger partial charge in [-0.15, -0.1) is 11.3 Å². The Bertz CT molecular complexity index is 842. The van der Waals surface area contributed by atoms with Crippen LogP contribution in [0.3, 0.4) is 0 Å². The molecule has 1 saturated heterocycles. The molecule has 0 aliphatic carbocycles. The normalized spacial score (nSPS) is 17.5. The maximum absolute atomic E-state index is 12.8. The molecule has 1 atom stereocenters. The van der Waals surface area contributed by atoms with E-state index in [1.54, 1.807) is 13.8 Å². The van der Waals surface area contributed by atoms with E-state index >= 15 is 0 Å². The number of hydrogen-bond donors (Lipinski definition) is 1. The summed E-state index contributed by atoms with van der Waals surface area (Å²) in [4.78, 5) is 2.22. The van der Waals surface area contributed by atoms with Gasteiger partial charge in [-0.05, 0) is 19.9 Å². The minimum atomic E-state index is -3.44. The molecule has 0 spiro atoms. The number of rotatable bonds is 7. The lowest BCUT2D eigenvalue weighted by atomic mass is 10.1. The fourth-order valence-electron chi connectivity index (χ4n) is 3.22. The highest BCUT2D eigenvalue weighted by Crippen LogP contribution is 2.42. The zero-order valence-corrected chi connectivity index (χ0v) is 16.9. The highest BCUT2D eigenvalue weighted by molar-refractivity contribution is 7.93. The van der Waals surface area contributed by atoms with Crippen molar-refractivity contribution in [3.8, 4) is 0 Å². The summed E-state index contributed by atoms with van der Waals surface area (Å²) in [5.41, 5.74) is 0.699. The molecule has 2 heterocycles. The van der Waals surface area contributed by atoms with Crippen LogP contribution in [0.5, 0.6) is 0 Å². The molecule has 0 bridgehead atoms. The summed E-state index contributed by atoms with van der Waals surface area (Å²) >= 11 is 1.43. The van der Waals surface area contributed by atoms with Crippen molar-refractivity contribution < 1.29 is 18.3 Å². The van der Waals surface area contributed by atoms with Gasteiger partial charge < -0.3 is 9.84 Å². The van der Waals surface area contributed by atoms with Gasteiger partial charge in [-0.2, -0.15) is 0 Å². The molecule has 1 aromatic heterocycles. The van der Waals surface area contributed by atoms with Crippen molar-refractivity contribution in [2.45, 2.75) is 20.0 Å². The van der Waals surface area contributed by atoms with E-state index < -0.39 is 16.1 Å². The number of anilines is 1. The molecule has 6 nitrogen and oxygen atoms in total. The van der Waals surface area contributed by atoms with E-state index in [4.69, 9.17) is 4.74 Å². The van der Waals surface area contributed by atoms with Crippen LogP contribution in [0.2, 0.25) is 0 Å². The number of morpholine rings is 1. The van der Waals surface area contributed by atoms with Crippen LogP contribution in [0.4, 0.5) is 5.00 Å². The first kappa shape index (κ1) is 19.6. The molecule has 1 fully saturated rings. The van der Waals surface area contributed by atoms with Crippen molar-refractivity contribution >= 4 is 36.4 Å². The number of aliphatic hydroxyl groups excluding tert-OH is 1. The van der Waals surface area contributed by atoms with Gasteiger partial charge in [0.15, 0.2) is 0 Å². The lowest BCUT2D eigenvalue weighted by Gasteiger charge is -2.30. The number of ether oxygens (including phenoxy) is 1. The maximum Gasteiger partial charge on any atom is 0.235 e. The second-order valence-electron chi connectivity index (χ2n) is 6.42. The van der Waals surface area contributed by atoms with Crippen molar-refractivity contribution in [3.05, 3.63) is 29.8 Å². The monoisotopic (exact) mass is 398 g/mol. The van der Waals surface area contributed by atoms with Crippen molar-refractivity contribution in [2.75, 3.05) is 49.5 Å².